The van der Waals surface area contributed by atoms with Crippen molar-refractivity contribution in [1.82, 2.24) is 14.1 Å². The van der Waals surface area contributed by atoms with Gasteiger partial charge in [-0.15, -0.1) is 29.7 Å². The summed E-state index contributed by atoms with van der Waals surface area (Å²) in [5.41, 5.74) is 11.5. The van der Waals surface area contributed by atoms with Gasteiger partial charge in [0.1, 0.15) is 5.82 Å². The van der Waals surface area contributed by atoms with Gasteiger partial charge in [0, 0.05) is 44.3 Å². The van der Waals surface area contributed by atoms with Gasteiger partial charge in [-0.05, 0) is 135 Å². The molecule has 0 amide bonds. The molecule has 6 heteroatoms. The number of aromatic nitrogens is 4. The molecule has 410 valence electrons. The topological polar surface area (TPSA) is 35.9 Å². The molecule has 0 saturated carbocycles. The summed E-state index contributed by atoms with van der Waals surface area (Å²) in [5.74, 6) is 1.59. The van der Waals surface area contributed by atoms with Gasteiger partial charge in [0.25, 0.3) is 6.33 Å². The first kappa shape index (κ1) is 45.5. The zero-order valence-corrected chi connectivity index (χ0v) is 50.6. The summed E-state index contributed by atoms with van der Waals surface area (Å²) < 4.78 is 89.7. The number of pyridine rings is 1. The molecule has 0 spiro atoms. The maximum atomic E-state index is 10.1. The van der Waals surface area contributed by atoms with Gasteiger partial charge >= 0.3 is 0 Å². The molecule has 0 unspecified atom stereocenters. The zero-order chi connectivity index (χ0) is 63.3. The van der Waals surface area contributed by atoms with Gasteiger partial charge in [-0.1, -0.05) is 222 Å². The van der Waals surface area contributed by atoms with Gasteiger partial charge in [-0.3, -0.25) is 4.57 Å². The summed E-state index contributed by atoms with van der Waals surface area (Å²) in [7, 11) is 0. The molecule has 5 nitrogen and oxygen atoms in total. The van der Waals surface area contributed by atoms with Crippen molar-refractivity contribution in [1.29, 1.82) is 0 Å². The third kappa shape index (κ3) is 9.61. The van der Waals surface area contributed by atoms with E-state index in [0.29, 0.717) is 50.6 Å². The van der Waals surface area contributed by atoms with Crippen LogP contribution in [0, 0.1) is 18.5 Å². The van der Waals surface area contributed by atoms with E-state index >= 15 is 0 Å². The Morgan fingerprint density at radius 3 is 1.71 bits per heavy atom. The second-order valence-electron chi connectivity index (χ2n) is 25.6. The molecule has 12 aromatic rings. The molecular formula is C76H68N4OPt-2. The number of para-hydroxylation sites is 2. The maximum absolute atomic E-state index is 10.1. The fourth-order valence-corrected chi connectivity index (χ4v) is 11.3. The molecule has 0 aliphatic carbocycles. The van der Waals surface area contributed by atoms with E-state index in [1.165, 1.54) is 0 Å². The third-order valence-corrected chi connectivity index (χ3v) is 15.8. The van der Waals surface area contributed by atoms with E-state index in [-0.39, 0.29) is 77.1 Å². The van der Waals surface area contributed by atoms with Crippen LogP contribution < -0.4 is 9.30 Å². The molecule has 13 rings (SSSR count). The minimum atomic E-state index is -0.535. The summed E-state index contributed by atoms with van der Waals surface area (Å²) in [6.45, 7) is 26.2. The van der Waals surface area contributed by atoms with Gasteiger partial charge in [0.15, 0.2) is 0 Å². The monoisotopic (exact) mass is 1260 g/mol. The number of hydrogen-bond donors (Lipinski definition) is 0. The maximum Gasteiger partial charge on any atom is 0.268 e. The molecule has 4 heterocycles. The van der Waals surface area contributed by atoms with Crippen molar-refractivity contribution >= 4 is 32.8 Å². The Hall–Kier alpha value is -8.11. The normalized spacial score (nSPS) is 13.9. The third-order valence-electron chi connectivity index (χ3n) is 15.8. The number of rotatable bonds is 6. The molecule has 0 N–H and O–H groups in total. The smallest absolute Gasteiger partial charge is 0.268 e. The largest absolute Gasteiger partial charge is 0.510 e. The SMILES string of the molecule is [2H]c1c([2H])c([2H])c2c(c1[2H])-c1cccc(-c3ccc(C(C)(C)C)cc3)c1-[n+]1[c-]n(-c3[c-]c(Oc4[c-]c5c(cc4)c4ccccc4n5-c4cc(C(C)(C)C)ccn4)ccc3)c3cc(-c4cc(C(C)(C)C)cc(C(C)(C)C)c4)cc(c31)-c1c([2H])c([2H])c([2H])c([2H])c1-2.[Pt]. The Morgan fingerprint density at radius 2 is 1.05 bits per heavy atom. The first-order valence-electron chi connectivity index (χ1n) is 31.8. The minimum Gasteiger partial charge on any atom is -0.510 e. The quantitative estimate of drug-likeness (QED) is 0.123. The van der Waals surface area contributed by atoms with Crippen molar-refractivity contribution < 1.29 is 41.3 Å². The number of fused-ring (bicyclic) bond motifs is 10. The van der Waals surface area contributed by atoms with Crippen LogP contribution in [0.3, 0.4) is 0 Å². The van der Waals surface area contributed by atoms with Gasteiger partial charge in [0.2, 0.25) is 0 Å². The second kappa shape index (κ2) is 20.1. The Labute approximate surface area is 509 Å². The van der Waals surface area contributed by atoms with Crippen molar-refractivity contribution in [3.8, 4) is 84.3 Å². The number of benzene rings is 9. The Morgan fingerprint density at radius 1 is 0.463 bits per heavy atom. The molecule has 82 heavy (non-hydrogen) atoms. The summed E-state index contributed by atoms with van der Waals surface area (Å²) in [6.07, 6.45) is 5.65. The van der Waals surface area contributed by atoms with Crippen LogP contribution in [0.4, 0.5) is 0 Å². The van der Waals surface area contributed by atoms with E-state index in [9.17, 15) is 11.0 Å². The van der Waals surface area contributed by atoms with Crippen LogP contribution in [0.1, 0.15) is 116 Å². The van der Waals surface area contributed by atoms with Crippen molar-refractivity contribution in [2.45, 2.75) is 105 Å². The van der Waals surface area contributed by atoms with Crippen LogP contribution in [0.15, 0.2) is 194 Å². The number of nitrogens with zero attached hydrogens (tertiary/aromatic N) is 4. The van der Waals surface area contributed by atoms with Crippen LogP contribution in [0.5, 0.6) is 11.5 Å². The van der Waals surface area contributed by atoms with Gasteiger partial charge in [-0.2, -0.15) is 18.2 Å². The van der Waals surface area contributed by atoms with Crippen LogP contribution >= 0.6 is 0 Å². The van der Waals surface area contributed by atoms with Crippen molar-refractivity contribution in [2.24, 2.45) is 0 Å². The minimum absolute atomic E-state index is 0. The summed E-state index contributed by atoms with van der Waals surface area (Å²) in [6, 6.07) is 50.4. The first-order valence-corrected chi connectivity index (χ1v) is 27.8. The fourth-order valence-electron chi connectivity index (χ4n) is 11.3. The Bertz CT molecular complexity index is 4930. The van der Waals surface area contributed by atoms with Gasteiger partial charge < -0.3 is 13.9 Å². The zero-order valence-electron chi connectivity index (χ0n) is 56.4. The molecule has 3 aromatic heterocycles. The molecule has 0 bridgehead atoms. The molecule has 0 atom stereocenters. The molecule has 0 saturated heterocycles. The molecule has 1 aliphatic heterocycles. The van der Waals surface area contributed by atoms with E-state index in [2.05, 4.69) is 185 Å². The average molecular weight is 1260 g/mol. The molecule has 1 aliphatic rings. The molecule has 9 aromatic carbocycles. The first-order chi connectivity index (χ1) is 42.0. The van der Waals surface area contributed by atoms with E-state index in [1.54, 1.807) is 0 Å². The van der Waals surface area contributed by atoms with E-state index in [0.717, 1.165) is 66.6 Å². The second-order valence-corrected chi connectivity index (χ2v) is 25.6. The number of ether oxygens (including phenoxy) is 1. The van der Waals surface area contributed by atoms with E-state index in [1.807, 2.05) is 76.0 Å². The Kier molecular flexibility index (Phi) is 11.2. The molecule has 0 fully saturated rings. The summed E-state index contributed by atoms with van der Waals surface area (Å²) in [5, 5.41) is 2.04. The number of imidazole rings is 1. The number of hydrogen-bond acceptors (Lipinski definition) is 2. The Balaban J connectivity index is 0.00000785. The fraction of sp³-hybridized carbons (Fsp3) is 0.211. The summed E-state index contributed by atoms with van der Waals surface area (Å²) >= 11 is 0. The standard InChI is InChI=1S/C76H68N4O.Pt/c1-73(2,3)51-33-31-48(32-34-51)58-28-20-29-65-61-25-15-13-23-59(61)60-24-14-16-26-62(60)66-41-50(49-39-53(75(7,8)9)43-54(40-49)76(10,11)12)42-69-72(66)79(71(58)65)47-78(69)55-21-19-22-56(45-55)81-57-35-36-64-63-27-17-18-30-67(63)80(68(64)46-57)70-44-52(37-38-77-70)74(4,5)6;/h13-44H,1-12H3;/q-2;/i13D,14D,15D,16D,23D,24D,25D,26D;. The molecule has 0 radical (unpaired) electrons. The van der Waals surface area contributed by atoms with Gasteiger partial charge in [-0.25, -0.2) is 4.98 Å². The average Bonchev–Trinajstić information content (AvgIpc) is 1.47. The van der Waals surface area contributed by atoms with Crippen LogP contribution in [0.25, 0.3) is 106 Å². The van der Waals surface area contributed by atoms with Crippen molar-refractivity contribution in [3.05, 3.63) is 235 Å². The van der Waals surface area contributed by atoms with E-state index < -0.39 is 36.3 Å². The van der Waals surface area contributed by atoms with Crippen LogP contribution in [-0.4, -0.2) is 14.1 Å². The van der Waals surface area contributed by atoms with Crippen molar-refractivity contribution in [3.63, 3.8) is 0 Å². The summed E-state index contributed by atoms with van der Waals surface area (Å²) in [4.78, 5) is 4.89. The van der Waals surface area contributed by atoms with Crippen LogP contribution in [0.2, 0.25) is 0 Å². The van der Waals surface area contributed by atoms with Gasteiger partial charge in [0.05, 0.1) is 27.7 Å². The van der Waals surface area contributed by atoms with Crippen molar-refractivity contribution in [2.75, 3.05) is 0 Å². The predicted molar refractivity (Wildman–Crippen MR) is 336 cm³/mol. The van der Waals surface area contributed by atoms with Crippen LogP contribution in [-0.2, 0) is 42.7 Å². The predicted octanol–water partition coefficient (Wildman–Crippen LogP) is 19.4. The molecular weight excluding hydrogens is 1180 g/mol. The van der Waals surface area contributed by atoms with E-state index in [4.69, 9.17) is 9.72 Å².